The standard InChI is InChI=1S/C31H24ClNO5/c1-19-7-6-8-20(17-19)28-27(29(34)25-18-21(32)11-16-26(25)37-2)30(35)31(36)33(28)22-12-14-24(15-13-22)38-23-9-4-3-5-10-23/h3-18,28,34H,1-2H3/b29-27+. The molecule has 0 bridgehead atoms. The summed E-state index contributed by atoms with van der Waals surface area (Å²) in [7, 11) is 1.45. The first-order chi connectivity index (χ1) is 18.4. The van der Waals surface area contributed by atoms with Crippen LogP contribution >= 0.6 is 11.6 Å². The third kappa shape index (κ3) is 4.74. The first-order valence-electron chi connectivity index (χ1n) is 11.9. The fraction of sp³-hybridized carbons (Fsp3) is 0.0968. The molecular formula is C31H24ClNO5. The monoisotopic (exact) mass is 525 g/mol. The summed E-state index contributed by atoms with van der Waals surface area (Å²) in [6.07, 6.45) is 0. The molecule has 1 saturated heterocycles. The molecule has 1 fully saturated rings. The second-order valence-corrected chi connectivity index (χ2v) is 9.27. The minimum absolute atomic E-state index is 0.0502. The lowest BCUT2D eigenvalue weighted by atomic mass is 9.94. The summed E-state index contributed by atoms with van der Waals surface area (Å²) in [5.41, 5.74) is 2.28. The number of carbonyl (C=O) groups excluding carboxylic acids is 2. The van der Waals surface area contributed by atoms with Crippen LogP contribution in [0.1, 0.15) is 22.7 Å². The van der Waals surface area contributed by atoms with Gasteiger partial charge in [-0.2, -0.15) is 0 Å². The highest BCUT2D eigenvalue weighted by atomic mass is 35.5. The van der Waals surface area contributed by atoms with Crippen molar-refractivity contribution in [3.8, 4) is 17.2 Å². The van der Waals surface area contributed by atoms with E-state index in [1.54, 1.807) is 36.4 Å². The van der Waals surface area contributed by atoms with Crippen molar-refractivity contribution in [1.82, 2.24) is 0 Å². The zero-order valence-electron chi connectivity index (χ0n) is 20.7. The Morgan fingerprint density at radius 3 is 2.26 bits per heavy atom. The highest BCUT2D eigenvalue weighted by Crippen LogP contribution is 2.44. The second-order valence-electron chi connectivity index (χ2n) is 8.84. The molecule has 1 aliphatic rings. The molecule has 1 atom stereocenters. The number of hydrogen-bond acceptors (Lipinski definition) is 5. The number of halogens is 1. The Balaban J connectivity index is 1.63. The van der Waals surface area contributed by atoms with Crippen LogP contribution in [-0.2, 0) is 9.59 Å². The van der Waals surface area contributed by atoms with Gasteiger partial charge in [-0.3, -0.25) is 14.5 Å². The van der Waals surface area contributed by atoms with Gasteiger partial charge < -0.3 is 14.6 Å². The fourth-order valence-corrected chi connectivity index (χ4v) is 4.74. The van der Waals surface area contributed by atoms with Crippen molar-refractivity contribution in [2.75, 3.05) is 12.0 Å². The molecule has 0 saturated carbocycles. The van der Waals surface area contributed by atoms with Crippen molar-refractivity contribution < 1.29 is 24.2 Å². The van der Waals surface area contributed by atoms with Gasteiger partial charge in [-0.05, 0) is 67.1 Å². The van der Waals surface area contributed by atoms with E-state index in [9.17, 15) is 14.7 Å². The number of Topliss-reactive ketones (excluding diaryl/α,β-unsaturated/α-hetero) is 1. The zero-order chi connectivity index (χ0) is 26.8. The maximum absolute atomic E-state index is 13.5. The molecule has 1 heterocycles. The topological polar surface area (TPSA) is 76.1 Å². The molecule has 190 valence electrons. The van der Waals surface area contributed by atoms with Gasteiger partial charge in [-0.25, -0.2) is 0 Å². The molecule has 0 aliphatic carbocycles. The smallest absolute Gasteiger partial charge is 0.300 e. The Labute approximate surface area is 225 Å². The number of nitrogens with zero attached hydrogens (tertiary/aromatic N) is 1. The number of hydrogen-bond donors (Lipinski definition) is 1. The number of amides is 1. The predicted octanol–water partition coefficient (Wildman–Crippen LogP) is 7.08. The Morgan fingerprint density at radius 1 is 0.868 bits per heavy atom. The van der Waals surface area contributed by atoms with Crippen LogP contribution in [0, 0.1) is 6.92 Å². The Kier molecular flexibility index (Phi) is 6.90. The molecular weight excluding hydrogens is 502 g/mol. The van der Waals surface area contributed by atoms with E-state index in [4.69, 9.17) is 21.1 Å². The quantitative estimate of drug-likeness (QED) is 0.165. The number of aryl methyl sites for hydroxylation is 1. The average molecular weight is 526 g/mol. The van der Waals surface area contributed by atoms with Gasteiger partial charge >= 0.3 is 0 Å². The predicted molar refractivity (Wildman–Crippen MR) is 147 cm³/mol. The van der Waals surface area contributed by atoms with Crippen LogP contribution in [0.2, 0.25) is 5.02 Å². The molecule has 7 heteroatoms. The van der Waals surface area contributed by atoms with Crippen molar-refractivity contribution >= 4 is 34.7 Å². The maximum atomic E-state index is 13.5. The van der Waals surface area contributed by atoms with Crippen LogP contribution in [0.4, 0.5) is 5.69 Å². The highest BCUT2D eigenvalue weighted by Gasteiger charge is 2.47. The molecule has 1 unspecified atom stereocenters. The van der Waals surface area contributed by atoms with E-state index in [0.29, 0.717) is 33.5 Å². The number of benzene rings is 4. The molecule has 1 amide bonds. The van der Waals surface area contributed by atoms with Gasteiger partial charge in [0.25, 0.3) is 11.7 Å². The first-order valence-corrected chi connectivity index (χ1v) is 12.3. The Hall–Kier alpha value is -4.55. The van der Waals surface area contributed by atoms with Crippen LogP contribution in [0.15, 0.2) is 103 Å². The van der Waals surface area contributed by atoms with Gasteiger partial charge in [-0.1, -0.05) is 59.6 Å². The van der Waals surface area contributed by atoms with Gasteiger partial charge in [0, 0.05) is 10.7 Å². The van der Waals surface area contributed by atoms with Crippen molar-refractivity contribution in [3.05, 3.63) is 124 Å². The van der Waals surface area contributed by atoms with Crippen LogP contribution in [0.25, 0.3) is 5.76 Å². The second kappa shape index (κ2) is 10.4. The average Bonchev–Trinajstić information content (AvgIpc) is 3.19. The Morgan fingerprint density at radius 2 is 1.58 bits per heavy atom. The minimum atomic E-state index is -0.875. The number of carbonyl (C=O) groups is 2. The minimum Gasteiger partial charge on any atom is -0.507 e. The van der Waals surface area contributed by atoms with E-state index >= 15 is 0 Å². The zero-order valence-corrected chi connectivity index (χ0v) is 21.5. The summed E-state index contributed by atoms with van der Waals surface area (Å²) in [6, 6.07) is 27.6. The molecule has 1 N–H and O–H groups in total. The van der Waals surface area contributed by atoms with Crippen molar-refractivity contribution in [2.45, 2.75) is 13.0 Å². The number of anilines is 1. The van der Waals surface area contributed by atoms with Gasteiger partial charge in [-0.15, -0.1) is 0 Å². The summed E-state index contributed by atoms with van der Waals surface area (Å²) < 4.78 is 11.3. The van der Waals surface area contributed by atoms with E-state index in [1.165, 1.54) is 18.1 Å². The number of ketones is 1. The normalized spacial score (nSPS) is 16.5. The molecule has 5 rings (SSSR count). The number of aliphatic hydroxyl groups excluding tert-OH is 1. The Bertz CT molecular complexity index is 1550. The van der Waals surface area contributed by atoms with Gasteiger partial charge in [0.1, 0.15) is 23.0 Å². The fourth-order valence-electron chi connectivity index (χ4n) is 4.56. The summed E-state index contributed by atoms with van der Waals surface area (Å²) >= 11 is 6.20. The highest BCUT2D eigenvalue weighted by molar-refractivity contribution is 6.51. The summed E-state index contributed by atoms with van der Waals surface area (Å²) in [5.74, 6) is -0.344. The number of aliphatic hydroxyl groups is 1. The van der Waals surface area contributed by atoms with E-state index in [1.807, 2.05) is 61.5 Å². The van der Waals surface area contributed by atoms with Crippen LogP contribution < -0.4 is 14.4 Å². The SMILES string of the molecule is COc1ccc(Cl)cc1/C(O)=C1\C(=O)C(=O)N(c2ccc(Oc3ccccc3)cc2)C1c1cccc(C)c1. The lowest BCUT2D eigenvalue weighted by molar-refractivity contribution is -0.132. The van der Waals surface area contributed by atoms with E-state index in [-0.39, 0.29) is 16.9 Å². The molecule has 4 aromatic rings. The molecule has 0 spiro atoms. The number of methoxy groups -OCH3 is 1. The van der Waals surface area contributed by atoms with Crippen LogP contribution in [0.5, 0.6) is 17.2 Å². The number of rotatable bonds is 6. The van der Waals surface area contributed by atoms with Crippen LogP contribution in [0.3, 0.4) is 0 Å². The lowest BCUT2D eigenvalue weighted by Crippen LogP contribution is -2.29. The van der Waals surface area contributed by atoms with Gasteiger partial charge in [0.05, 0.1) is 24.3 Å². The van der Waals surface area contributed by atoms with Crippen LogP contribution in [-0.4, -0.2) is 23.9 Å². The molecule has 0 aromatic heterocycles. The third-order valence-corrected chi connectivity index (χ3v) is 6.55. The number of para-hydroxylation sites is 1. The van der Waals surface area contributed by atoms with E-state index < -0.39 is 17.7 Å². The molecule has 4 aromatic carbocycles. The van der Waals surface area contributed by atoms with E-state index in [2.05, 4.69) is 0 Å². The maximum Gasteiger partial charge on any atom is 0.300 e. The summed E-state index contributed by atoms with van der Waals surface area (Å²) in [6.45, 7) is 1.92. The third-order valence-electron chi connectivity index (χ3n) is 6.31. The molecule has 6 nitrogen and oxygen atoms in total. The van der Waals surface area contributed by atoms with Crippen molar-refractivity contribution in [1.29, 1.82) is 0 Å². The largest absolute Gasteiger partial charge is 0.507 e. The first kappa shape index (κ1) is 25.1. The van der Waals surface area contributed by atoms with Crippen molar-refractivity contribution in [3.63, 3.8) is 0 Å². The molecule has 38 heavy (non-hydrogen) atoms. The van der Waals surface area contributed by atoms with Gasteiger partial charge in [0.15, 0.2) is 0 Å². The molecule has 0 radical (unpaired) electrons. The lowest BCUT2D eigenvalue weighted by Gasteiger charge is -2.26. The van der Waals surface area contributed by atoms with Gasteiger partial charge in [0.2, 0.25) is 0 Å². The van der Waals surface area contributed by atoms with E-state index in [0.717, 1.165) is 5.56 Å². The summed E-state index contributed by atoms with van der Waals surface area (Å²) in [4.78, 5) is 28.3. The van der Waals surface area contributed by atoms with Crippen molar-refractivity contribution in [2.24, 2.45) is 0 Å². The summed E-state index contributed by atoms with van der Waals surface area (Å²) in [5, 5.41) is 11.8. The number of ether oxygens (including phenoxy) is 2. The molecule has 1 aliphatic heterocycles.